The standard InChI is InChI=1S/C14H28O.C12H24O/c1-4-6-7-8-9-10-11-12-13(3)14(15)5-2;1-3-4-5-6-7-8-9-10-12(2)11-13/h5,13-15H,2,4,6-12H2,1,3H3;11-12H,3-10H2,1-2H3. The Morgan fingerprint density at radius 1 is 0.714 bits per heavy atom. The second-order valence-electron chi connectivity index (χ2n) is 8.64. The van der Waals surface area contributed by atoms with Crippen LogP contribution in [0.2, 0.25) is 0 Å². The molecule has 0 aromatic carbocycles. The number of carbonyl (C=O) groups excluding carboxylic acids is 1. The fraction of sp³-hybridized carbons (Fsp3) is 0.885. The van der Waals surface area contributed by atoms with E-state index in [9.17, 15) is 9.90 Å². The third-order valence-corrected chi connectivity index (χ3v) is 5.58. The van der Waals surface area contributed by atoms with Gasteiger partial charge in [-0.1, -0.05) is 124 Å². The summed E-state index contributed by atoms with van der Waals surface area (Å²) in [6.45, 7) is 12.2. The van der Waals surface area contributed by atoms with Gasteiger partial charge in [0.15, 0.2) is 0 Å². The number of hydrogen-bond donors (Lipinski definition) is 1. The van der Waals surface area contributed by atoms with Gasteiger partial charge >= 0.3 is 0 Å². The molecular weight excluding hydrogens is 344 g/mol. The van der Waals surface area contributed by atoms with Gasteiger partial charge in [0.05, 0.1) is 6.10 Å². The zero-order chi connectivity index (χ0) is 21.5. The van der Waals surface area contributed by atoms with E-state index in [1.807, 2.05) is 6.92 Å². The number of rotatable bonds is 19. The largest absolute Gasteiger partial charge is 0.389 e. The predicted molar refractivity (Wildman–Crippen MR) is 126 cm³/mol. The number of unbranched alkanes of at least 4 members (excludes halogenated alkanes) is 12. The van der Waals surface area contributed by atoms with Crippen molar-refractivity contribution in [3.05, 3.63) is 12.7 Å². The molecule has 0 saturated heterocycles. The topological polar surface area (TPSA) is 37.3 Å². The zero-order valence-corrected chi connectivity index (χ0v) is 19.8. The number of carbonyl (C=O) groups is 1. The summed E-state index contributed by atoms with van der Waals surface area (Å²) in [7, 11) is 0. The molecule has 0 amide bonds. The summed E-state index contributed by atoms with van der Waals surface area (Å²) in [5.41, 5.74) is 0. The van der Waals surface area contributed by atoms with Crippen LogP contribution in [0.5, 0.6) is 0 Å². The van der Waals surface area contributed by atoms with E-state index < -0.39 is 0 Å². The molecule has 0 heterocycles. The Balaban J connectivity index is 0. The molecule has 3 atom stereocenters. The van der Waals surface area contributed by atoms with Gasteiger partial charge in [0, 0.05) is 5.92 Å². The van der Waals surface area contributed by atoms with Crippen molar-refractivity contribution >= 4 is 6.29 Å². The number of hydrogen-bond acceptors (Lipinski definition) is 2. The molecule has 0 saturated carbocycles. The first-order valence-corrected chi connectivity index (χ1v) is 12.3. The molecule has 2 heteroatoms. The van der Waals surface area contributed by atoms with Crippen LogP contribution in [-0.4, -0.2) is 17.5 Å². The van der Waals surface area contributed by atoms with E-state index >= 15 is 0 Å². The molecule has 0 rings (SSSR count). The molecule has 0 spiro atoms. The lowest BCUT2D eigenvalue weighted by molar-refractivity contribution is -0.110. The van der Waals surface area contributed by atoms with Crippen LogP contribution in [0, 0.1) is 11.8 Å². The monoisotopic (exact) mass is 396 g/mol. The van der Waals surface area contributed by atoms with E-state index in [-0.39, 0.29) is 12.0 Å². The van der Waals surface area contributed by atoms with Crippen LogP contribution in [-0.2, 0) is 4.79 Å². The summed E-state index contributed by atoms with van der Waals surface area (Å²) in [5, 5.41) is 9.48. The molecule has 0 radical (unpaired) electrons. The van der Waals surface area contributed by atoms with Gasteiger partial charge < -0.3 is 9.90 Å². The third kappa shape index (κ3) is 23.4. The minimum atomic E-state index is -0.315. The molecule has 0 aromatic heterocycles. The molecule has 3 unspecified atom stereocenters. The first-order chi connectivity index (χ1) is 13.5. The highest BCUT2D eigenvalue weighted by molar-refractivity contribution is 5.52. The molecule has 0 aliphatic rings. The second-order valence-corrected chi connectivity index (χ2v) is 8.64. The van der Waals surface area contributed by atoms with E-state index in [1.54, 1.807) is 6.08 Å². The van der Waals surface area contributed by atoms with Crippen molar-refractivity contribution in [2.45, 2.75) is 137 Å². The second kappa shape index (κ2) is 24.4. The zero-order valence-electron chi connectivity index (χ0n) is 19.8. The lowest BCUT2D eigenvalue weighted by Gasteiger charge is -2.14. The minimum absolute atomic E-state index is 0.274. The summed E-state index contributed by atoms with van der Waals surface area (Å²) in [6, 6.07) is 0. The van der Waals surface area contributed by atoms with Gasteiger partial charge in [-0.05, 0) is 18.8 Å². The lowest BCUT2D eigenvalue weighted by Crippen LogP contribution is -2.13. The van der Waals surface area contributed by atoms with E-state index in [0.717, 1.165) is 19.1 Å². The lowest BCUT2D eigenvalue weighted by atomic mass is 9.97. The molecule has 2 nitrogen and oxygen atoms in total. The summed E-state index contributed by atoms with van der Waals surface area (Å²) in [5.74, 6) is 0.647. The normalized spacial score (nSPS) is 13.9. The van der Waals surface area contributed by atoms with Crippen LogP contribution < -0.4 is 0 Å². The van der Waals surface area contributed by atoms with Crippen LogP contribution in [0.25, 0.3) is 0 Å². The van der Waals surface area contributed by atoms with E-state index in [1.165, 1.54) is 89.9 Å². The maximum atomic E-state index is 10.3. The van der Waals surface area contributed by atoms with Crippen LogP contribution in [0.15, 0.2) is 12.7 Å². The van der Waals surface area contributed by atoms with Gasteiger partial charge in [0.1, 0.15) is 6.29 Å². The van der Waals surface area contributed by atoms with Gasteiger partial charge in [-0.25, -0.2) is 0 Å². The van der Waals surface area contributed by atoms with Gasteiger partial charge in [0.2, 0.25) is 0 Å². The number of aliphatic hydroxyl groups excluding tert-OH is 1. The molecule has 0 aliphatic carbocycles. The van der Waals surface area contributed by atoms with Crippen molar-refractivity contribution in [3.63, 3.8) is 0 Å². The molecule has 0 aromatic rings. The summed E-state index contributed by atoms with van der Waals surface area (Å²) >= 11 is 0. The fourth-order valence-corrected chi connectivity index (χ4v) is 3.32. The Morgan fingerprint density at radius 3 is 1.50 bits per heavy atom. The smallest absolute Gasteiger partial charge is 0.122 e. The van der Waals surface area contributed by atoms with Gasteiger partial charge in [0.25, 0.3) is 0 Å². The fourth-order valence-electron chi connectivity index (χ4n) is 3.32. The van der Waals surface area contributed by atoms with Crippen molar-refractivity contribution in [1.29, 1.82) is 0 Å². The predicted octanol–water partition coefficient (Wildman–Crippen LogP) is 8.27. The molecule has 1 N–H and O–H groups in total. The van der Waals surface area contributed by atoms with Crippen LogP contribution in [0.1, 0.15) is 130 Å². The minimum Gasteiger partial charge on any atom is -0.389 e. The highest BCUT2D eigenvalue weighted by atomic mass is 16.3. The Morgan fingerprint density at radius 2 is 1.11 bits per heavy atom. The molecule has 0 fully saturated rings. The maximum Gasteiger partial charge on any atom is 0.122 e. The average Bonchev–Trinajstić information content (AvgIpc) is 2.71. The van der Waals surface area contributed by atoms with Crippen molar-refractivity contribution in [3.8, 4) is 0 Å². The van der Waals surface area contributed by atoms with E-state index in [2.05, 4.69) is 27.4 Å². The van der Waals surface area contributed by atoms with Gasteiger partial charge in [-0.2, -0.15) is 0 Å². The van der Waals surface area contributed by atoms with E-state index in [0.29, 0.717) is 5.92 Å². The van der Waals surface area contributed by atoms with Crippen molar-refractivity contribution in [2.75, 3.05) is 0 Å². The van der Waals surface area contributed by atoms with Gasteiger partial charge in [-0.3, -0.25) is 0 Å². The Kier molecular flexibility index (Phi) is 25.8. The van der Waals surface area contributed by atoms with Crippen molar-refractivity contribution in [2.24, 2.45) is 11.8 Å². The van der Waals surface area contributed by atoms with Gasteiger partial charge in [-0.15, -0.1) is 6.58 Å². The van der Waals surface area contributed by atoms with Crippen molar-refractivity contribution in [1.82, 2.24) is 0 Å². The first-order valence-electron chi connectivity index (χ1n) is 12.3. The molecule has 0 bridgehead atoms. The summed E-state index contributed by atoms with van der Waals surface area (Å²) < 4.78 is 0. The molecule has 0 aliphatic heterocycles. The van der Waals surface area contributed by atoms with Crippen LogP contribution >= 0.6 is 0 Å². The Hall–Kier alpha value is -0.630. The first kappa shape index (κ1) is 29.6. The van der Waals surface area contributed by atoms with Crippen LogP contribution in [0.4, 0.5) is 0 Å². The SMILES string of the molecule is C=CC(O)C(C)CCCCCCCCC.CCCCCCCCCC(C)C=O. The quantitative estimate of drug-likeness (QED) is 0.135. The Labute approximate surface area is 177 Å². The number of aldehydes is 1. The van der Waals surface area contributed by atoms with Crippen molar-refractivity contribution < 1.29 is 9.90 Å². The molecule has 28 heavy (non-hydrogen) atoms. The third-order valence-electron chi connectivity index (χ3n) is 5.58. The highest BCUT2D eigenvalue weighted by Gasteiger charge is 2.09. The highest BCUT2D eigenvalue weighted by Crippen LogP contribution is 2.15. The maximum absolute atomic E-state index is 10.3. The molecule has 168 valence electrons. The molecular formula is C26H52O2. The van der Waals surface area contributed by atoms with E-state index in [4.69, 9.17) is 0 Å². The Bertz CT molecular complexity index is 314. The van der Waals surface area contributed by atoms with Crippen LogP contribution in [0.3, 0.4) is 0 Å². The summed E-state index contributed by atoms with van der Waals surface area (Å²) in [6.07, 6.45) is 23.4. The number of aliphatic hydroxyl groups is 1. The summed E-state index contributed by atoms with van der Waals surface area (Å²) in [4.78, 5) is 10.3. The average molecular weight is 397 g/mol.